The minimum absolute atomic E-state index is 0.0696. The molecule has 0 fully saturated rings. The first-order valence-corrected chi connectivity index (χ1v) is 6.19. The van der Waals surface area contributed by atoms with Crippen LogP contribution >= 0.6 is 11.6 Å². The third-order valence-corrected chi connectivity index (χ3v) is 2.66. The Kier molecular flexibility index (Phi) is 6.53. The monoisotopic (exact) mass is 264 g/mol. The third kappa shape index (κ3) is 8.02. The normalized spacial score (nSPS) is 15.1. The Morgan fingerprint density at radius 2 is 1.88 bits per heavy atom. The molecule has 0 spiro atoms. The van der Waals surface area contributed by atoms with Gasteiger partial charge in [-0.05, 0) is 33.1 Å². The lowest BCUT2D eigenvalue weighted by Gasteiger charge is -2.21. The van der Waals surface area contributed by atoms with Crippen LogP contribution in [0.15, 0.2) is 0 Å². The van der Waals surface area contributed by atoms with Gasteiger partial charge in [-0.3, -0.25) is 9.59 Å². The van der Waals surface area contributed by atoms with Gasteiger partial charge in [-0.25, -0.2) is 0 Å². The van der Waals surface area contributed by atoms with Crippen LogP contribution in [0.1, 0.15) is 40.5 Å². The maximum Gasteiger partial charge on any atom is 0.307 e. The van der Waals surface area contributed by atoms with E-state index in [0.717, 1.165) is 0 Å². The first-order valence-electron chi connectivity index (χ1n) is 5.66. The van der Waals surface area contributed by atoms with Gasteiger partial charge in [0.05, 0.1) is 12.3 Å². The Morgan fingerprint density at radius 3 is 2.24 bits per heavy atom. The van der Waals surface area contributed by atoms with E-state index >= 15 is 0 Å². The van der Waals surface area contributed by atoms with Crippen molar-refractivity contribution in [2.24, 2.45) is 11.8 Å². The summed E-state index contributed by atoms with van der Waals surface area (Å²) < 4.78 is 5.10. The van der Waals surface area contributed by atoms with Crippen LogP contribution in [0, 0.1) is 11.8 Å². The molecular weight excluding hydrogens is 244 g/mol. The van der Waals surface area contributed by atoms with E-state index in [4.69, 9.17) is 21.4 Å². The van der Waals surface area contributed by atoms with E-state index in [1.165, 1.54) is 0 Å². The van der Waals surface area contributed by atoms with Crippen LogP contribution in [0.2, 0.25) is 0 Å². The molecule has 0 aromatic heterocycles. The summed E-state index contributed by atoms with van der Waals surface area (Å²) in [4.78, 5) is 22.5. The molecular formula is C12H21ClO4. The molecule has 0 aliphatic heterocycles. The van der Waals surface area contributed by atoms with E-state index < -0.39 is 23.5 Å². The molecule has 4 nitrogen and oxygen atoms in total. The summed E-state index contributed by atoms with van der Waals surface area (Å²) in [7, 11) is 0. The molecule has 17 heavy (non-hydrogen) atoms. The highest BCUT2D eigenvalue weighted by Crippen LogP contribution is 2.19. The van der Waals surface area contributed by atoms with Crippen molar-refractivity contribution in [2.45, 2.75) is 46.1 Å². The summed E-state index contributed by atoms with van der Waals surface area (Å²) in [5.74, 6) is -1.73. The fraction of sp³-hybridized carbons (Fsp3) is 0.833. The lowest BCUT2D eigenvalue weighted by Crippen LogP contribution is -2.28. The molecule has 0 aromatic carbocycles. The van der Waals surface area contributed by atoms with Gasteiger partial charge in [-0.15, -0.1) is 11.6 Å². The zero-order valence-corrected chi connectivity index (χ0v) is 11.6. The summed E-state index contributed by atoms with van der Waals surface area (Å²) in [5, 5.41) is 9.01. The number of halogens is 1. The maximum atomic E-state index is 11.5. The van der Waals surface area contributed by atoms with Gasteiger partial charge >= 0.3 is 11.9 Å². The largest absolute Gasteiger partial charge is 0.481 e. The molecule has 0 saturated heterocycles. The van der Waals surface area contributed by atoms with Crippen molar-refractivity contribution >= 4 is 23.5 Å². The van der Waals surface area contributed by atoms with Crippen LogP contribution in [0.3, 0.4) is 0 Å². The molecule has 1 N–H and O–H groups in total. The summed E-state index contributed by atoms with van der Waals surface area (Å²) in [5.41, 5.74) is -0.585. The molecule has 5 heteroatoms. The van der Waals surface area contributed by atoms with Crippen molar-refractivity contribution in [3.8, 4) is 0 Å². The van der Waals surface area contributed by atoms with Crippen LogP contribution in [-0.2, 0) is 14.3 Å². The molecule has 0 radical (unpaired) electrons. The van der Waals surface area contributed by atoms with Crippen molar-refractivity contribution in [2.75, 3.05) is 5.88 Å². The predicted molar refractivity (Wildman–Crippen MR) is 66.1 cm³/mol. The second-order valence-electron chi connectivity index (χ2n) is 5.32. The summed E-state index contributed by atoms with van der Waals surface area (Å²) in [6.45, 7) is 7.12. The lowest BCUT2D eigenvalue weighted by atomic mass is 9.94. The number of esters is 1. The first-order chi connectivity index (χ1) is 7.65. The van der Waals surface area contributed by atoms with E-state index in [9.17, 15) is 9.59 Å². The highest BCUT2D eigenvalue weighted by Gasteiger charge is 2.26. The highest BCUT2D eigenvalue weighted by atomic mass is 35.5. The molecule has 1 unspecified atom stereocenters. The number of alkyl halides is 1. The fourth-order valence-corrected chi connectivity index (χ4v) is 1.53. The number of carboxylic acid groups (broad SMARTS) is 1. The Morgan fingerprint density at radius 1 is 1.35 bits per heavy atom. The van der Waals surface area contributed by atoms with E-state index in [2.05, 4.69) is 0 Å². The standard InChI is InChI=1S/C12H21ClO4/c1-8(7-13)5-9(11(15)16)6-10(14)17-12(2,3)4/h8-9H,5-7H2,1-4H3,(H,15,16)/t8-,9?/m0/s1. The van der Waals surface area contributed by atoms with Gasteiger partial charge in [0, 0.05) is 5.88 Å². The van der Waals surface area contributed by atoms with Crippen molar-refractivity contribution in [1.82, 2.24) is 0 Å². The molecule has 0 rings (SSSR count). The lowest BCUT2D eigenvalue weighted by molar-refractivity contribution is -0.160. The second-order valence-corrected chi connectivity index (χ2v) is 5.63. The zero-order valence-electron chi connectivity index (χ0n) is 10.8. The minimum atomic E-state index is -0.979. The van der Waals surface area contributed by atoms with E-state index in [0.29, 0.717) is 12.3 Å². The number of carboxylic acids is 1. The molecule has 0 amide bonds. The average molecular weight is 265 g/mol. The van der Waals surface area contributed by atoms with Crippen LogP contribution < -0.4 is 0 Å². The zero-order chi connectivity index (χ0) is 13.6. The molecule has 0 aliphatic carbocycles. The Labute approximate surface area is 107 Å². The van der Waals surface area contributed by atoms with Crippen LogP contribution in [0.4, 0.5) is 0 Å². The summed E-state index contributed by atoms with van der Waals surface area (Å²) in [6, 6.07) is 0. The Balaban J connectivity index is 4.35. The van der Waals surface area contributed by atoms with E-state index in [-0.39, 0.29) is 12.3 Å². The number of rotatable bonds is 6. The summed E-state index contributed by atoms with van der Waals surface area (Å²) >= 11 is 5.63. The number of aliphatic carboxylic acids is 1. The average Bonchev–Trinajstić information content (AvgIpc) is 2.13. The maximum absolute atomic E-state index is 11.5. The van der Waals surface area contributed by atoms with Crippen molar-refractivity contribution in [3.63, 3.8) is 0 Å². The van der Waals surface area contributed by atoms with Crippen molar-refractivity contribution < 1.29 is 19.4 Å². The van der Waals surface area contributed by atoms with Gasteiger partial charge in [0.15, 0.2) is 0 Å². The Bertz CT molecular complexity index is 270. The SMILES string of the molecule is C[C@H](CCl)CC(CC(=O)OC(C)(C)C)C(=O)O. The van der Waals surface area contributed by atoms with Crippen LogP contribution in [0.5, 0.6) is 0 Å². The number of carbonyl (C=O) groups excluding carboxylic acids is 1. The molecule has 0 aromatic rings. The molecule has 100 valence electrons. The topological polar surface area (TPSA) is 63.6 Å². The van der Waals surface area contributed by atoms with Gasteiger partial charge in [0.1, 0.15) is 5.60 Å². The van der Waals surface area contributed by atoms with Crippen LogP contribution in [0.25, 0.3) is 0 Å². The minimum Gasteiger partial charge on any atom is -0.481 e. The van der Waals surface area contributed by atoms with Crippen LogP contribution in [-0.4, -0.2) is 28.5 Å². The second kappa shape index (κ2) is 6.84. The van der Waals surface area contributed by atoms with E-state index in [1.54, 1.807) is 20.8 Å². The molecule has 0 aliphatic rings. The quantitative estimate of drug-likeness (QED) is 0.592. The molecule has 2 atom stereocenters. The van der Waals surface area contributed by atoms with Crippen molar-refractivity contribution in [1.29, 1.82) is 0 Å². The number of ether oxygens (including phenoxy) is 1. The smallest absolute Gasteiger partial charge is 0.307 e. The van der Waals surface area contributed by atoms with Gasteiger partial charge in [-0.1, -0.05) is 6.92 Å². The number of hydrogen-bond donors (Lipinski definition) is 1. The van der Waals surface area contributed by atoms with Gasteiger partial charge in [0.25, 0.3) is 0 Å². The Hall–Kier alpha value is -0.770. The highest BCUT2D eigenvalue weighted by molar-refractivity contribution is 6.18. The first kappa shape index (κ1) is 16.2. The number of carbonyl (C=O) groups is 2. The molecule has 0 heterocycles. The molecule has 0 saturated carbocycles. The van der Waals surface area contributed by atoms with Gasteiger partial charge in [-0.2, -0.15) is 0 Å². The van der Waals surface area contributed by atoms with E-state index in [1.807, 2.05) is 6.92 Å². The van der Waals surface area contributed by atoms with Gasteiger partial charge in [0.2, 0.25) is 0 Å². The molecule has 0 bridgehead atoms. The predicted octanol–water partition coefficient (Wildman–Crippen LogP) is 2.68. The number of hydrogen-bond acceptors (Lipinski definition) is 3. The summed E-state index contributed by atoms with van der Waals surface area (Å²) in [6.07, 6.45) is 0.284. The van der Waals surface area contributed by atoms with Gasteiger partial charge < -0.3 is 9.84 Å². The van der Waals surface area contributed by atoms with Crippen molar-refractivity contribution in [3.05, 3.63) is 0 Å². The third-order valence-electron chi connectivity index (χ3n) is 2.13. The fourth-order valence-electron chi connectivity index (χ4n) is 1.40.